The zero-order valence-corrected chi connectivity index (χ0v) is 18.1. The predicted molar refractivity (Wildman–Crippen MR) is 114 cm³/mol. The lowest BCUT2D eigenvalue weighted by molar-refractivity contribution is -0.191. The first-order valence-electron chi connectivity index (χ1n) is 11.2. The van der Waals surface area contributed by atoms with Gasteiger partial charge in [-0.15, -0.1) is 0 Å². The Labute approximate surface area is 179 Å². The average Bonchev–Trinajstić information content (AvgIpc) is 3.23. The number of carboxylic acid groups (broad SMARTS) is 1. The number of aliphatic hydroxyl groups is 1. The molecule has 0 aromatic heterocycles. The van der Waals surface area contributed by atoms with Crippen molar-refractivity contribution in [1.82, 2.24) is 4.90 Å². The molecule has 2 saturated carbocycles. The first-order chi connectivity index (χ1) is 14.3. The molecule has 2 N–H and O–H groups in total. The van der Waals surface area contributed by atoms with Gasteiger partial charge >= 0.3 is 5.97 Å². The van der Waals surface area contributed by atoms with Crippen LogP contribution in [0.15, 0.2) is 30.3 Å². The maximum Gasteiger partial charge on any atom is 0.343 e. The molecule has 6 nitrogen and oxygen atoms in total. The van der Waals surface area contributed by atoms with Crippen LogP contribution in [0, 0.1) is 17.8 Å². The smallest absolute Gasteiger partial charge is 0.343 e. The summed E-state index contributed by atoms with van der Waals surface area (Å²) in [5, 5.41) is 19.0. The average molecular weight is 418 g/mol. The standard InChI is InChI=1S/C22H31NO3.C2H4O2/c1-23-14-16-8-7-9-17(15-23)20(16)26-21(24)22(25,19-12-5-6-13-19)18-10-3-2-4-11-18;1-2(3)4/h2-4,10-11,16-17,19-20,25H,5-9,12-15H2,1H3;1H3,(H,3,4)/t16?,17?,20?,22-;/m0./s1. The minimum absolute atomic E-state index is 0.0379. The molecule has 6 heteroatoms. The molecule has 3 aliphatic rings. The minimum Gasteiger partial charge on any atom is -0.481 e. The molecule has 1 heterocycles. The predicted octanol–water partition coefficient (Wildman–Crippen LogP) is 3.43. The van der Waals surface area contributed by atoms with E-state index in [1.807, 2.05) is 30.3 Å². The van der Waals surface area contributed by atoms with Crippen LogP contribution in [-0.4, -0.2) is 53.3 Å². The number of hydrogen-bond donors (Lipinski definition) is 2. The molecule has 0 radical (unpaired) electrons. The molecule has 1 aromatic carbocycles. The van der Waals surface area contributed by atoms with Crippen molar-refractivity contribution < 1.29 is 24.5 Å². The largest absolute Gasteiger partial charge is 0.481 e. The first kappa shape index (κ1) is 22.8. The van der Waals surface area contributed by atoms with E-state index in [4.69, 9.17) is 14.6 Å². The highest BCUT2D eigenvalue weighted by Gasteiger charge is 2.50. The highest BCUT2D eigenvalue weighted by Crippen LogP contribution is 2.43. The summed E-state index contributed by atoms with van der Waals surface area (Å²) < 4.78 is 6.12. The van der Waals surface area contributed by atoms with E-state index in [1.54, 1.807) is 0 Å². The highest BCUT2D eigenvalue weighted by atomic mass is 16.6. The first-order valence-corrected chi connectivity index (χ1v) is 11.2. The van der Waals surface area contributed by atoms with Gasteiger partial charge in [0.2, 0.25) is 0 Å². The number of esters is 1. The van der Waals surface area contributed by atoms with Crippen LogP contribution < -0.4 is 0 Å². The number of ether oxygens (including phenoxy) is 1. The third-order valence-corrected chi connectivity index (χ3v) is 6.89. The van der Waals surface area contributed by atoms with Crippen molar-refractivity contribution in [3.05, 3.63) is 35.9 Å². The number of piperidine rings is 1. The molecule has 2 bridgehead atoms. The fraction of sp³-hybridized carbons (Fsp3) is 0.667. The SMILES string of the molecule is CC(=O)O.CN1CC2CCCC(C1)C2OC(=O)[C@](O)(c1ccccc1)C1CCCC1. The number of aliphatic carboxylic acids is 1. The van der Waals surface area contributed by atoms with Crippen LogP contribution >= 0.6 is 0 Å². The molecule has 1 aliphatic heterocycles. The van der Waals surface area contributed by atoms with Gasteiger partial charge in [-0.1, -0.05) is 49.6 Å². The topological polar surface area (TPSA) is 87.1 Å². The Hall–Kier alpha value is -1.92. The molecular formula is C24H35NO5. The Bertz CT molecular complexity index is 700. The lowest BCUT2D eigenvalue weighted by Crippen LogP contribution is -2.54. The van der Waals surface area contributed by atoms with Crippen LogP contribution in [0.4, 0.5) is 0 Å². The summed E-state index contributed by atoms with van der Waals surface area (Å²) in [7, 11) is 2.15. The molecular weight excluding hydrogens is 382 g/mol. The highest BCUT2D eigenvalue weighted by molar-refractivity contribution is 5.82. The van der Waals surface area contributed by atoms with E-state index in [-0.39, 0.29) is 12.0 Å². The van der Waals surface area contributed by atoms with Gasteiger partial charge < -0.3 is 19.8 Å². The number of carbonyl (C=O) groups excluding carboxylic acids is 1. The van der Waals surface area contributed by atoms with Crippen molar-refractivity contribution in [2.24, 2.45) is 17.8 Å². The van der Waals surface area contributed by atoms with Crippen molar-refractivity contribution in [2.75, 3.05) is 20.1 Å². The number of benzene rings is 1. The second kappa shape index (κ2) is 9.92. The van der Waals surface area contributed by atoms with Gasteiger partial charge in [0.15, 0.2) is 5.60 Å². The summed E-state index contributed by atoms with van der Waals surface area (Å²) >= 11 is 0. The molecule has 1 aromatic rings. The zero-order chi connectivity index (χ0) is 21.7. The monoisotopic (exact) mass is 417 g/mol. The lowest BCUT2D eigenvalue weighted by Gasteiger charge is -2.46. The quantitative estimate of drug-likeness (QED) is 0.730. The number of hydrogen-bond acceptors (Lipinski definition) is 5. The Morgan fingerprint density at radius 3 is 2.07 bits per heavy atom. The second-order valence-electron chi connectivity index (χ2n) is 9.18. The normalized spacial score (nSPS) is 28.7. The van der Waals surface area contributed by atoms with E-state index in [9.17, 15) is 9.90 Å². The number of fused-ring (bicyclic) bond motifs is 2. The minimum atomic E-state index is -1.50. The van der Waals surface area contributed by atoms with Crippen LogP contribution in [0.2, 0.25) is 0 Å². The third-order valence-electron chi connectivity index (χ3n) is 6.89. The number of carbonyl (C=O) groups is 2. The summed E-state index contributed by atoms with van der Waals surface area (Å²) in [4.78, 5) is 24.7. The van der Waals surface area contributed by atoms with E-state index in [0.29, 0.717) is 17.4 Å². The molecule has 3 atom stereocenters. The lowest BCUT2D eigenvalue weighted by atomic mass is 9.75. The summed E-state index contributed by atoms with van der Waals surface area (Å²) in [6, 6.07) is 9.45. The van der Waals surface area contributed by atoms with E-state index in [0.717, 1.165) is 58.5 Å². The summed E-state index contributed by atoms with van der Waals surface area (Å²) in [6.45, 7) is 3.06. The van der Waals surface area contributed by atoms with Crippen LogP contribution in [0.3, 0.4) is 0 Å². The fourth-order valence-corrected chi connectivity index (χ4v) is 5.58. The Balaban J connectivity index is 0.000000589. The zero-order valence-electron chi connectivity index (χ0n) is 18.1. The van der Waals surface area contributed by atoms with E-state index >= 15 is 0 Å². The number of carboxylic acids is 1. The molecule has 2 unspecified atom stereocenters. The Morgan fingerprint density at radius 2 is 1.53 bits per heavy atom. The van der Waals surface area contributed by atoms with Crippen molar-refractivity contribution in [2.45, 2.75) is 63.6 Å². The Kier molecular flexibility index (Phi) is 7.53. The van der Waals surface area contributed by atoms with Crippen LogP contribution in [0.5, 0.6) is 0 Å². The van der Waals surface area contributed by atoms with Gasteiger partial charge in [-0.3, -0.25) is 4.79 Å². The van der Waals surface area contributed by atoms with Gasteiger partial charge in [0.05, 0.1) is 0 Å². The van der Waals surface area contributed by atoms with Crippen molar-refractivity contribution >= 4 is 11.9 Å². The van der Waals surface area contributed by atoms with Gasteiger partial charge in [0.1, 0.15) is 6.10 Å². The van der Waals surface area contributed by atoms with E-state index < -0.39 is 17.5 Å². The van der Waals surface area contributed by atoms with Gasteiger partial charge in [0.25, 0.3) is 5.97 Å². The number of rotatable bonds is 4. The molecule has 4 rings (SSSR count). The van der Waals surface area contributed by atoms with Gasteiger partial charge in [0, 0.05) is 37.8 Å². The number of likely N-dealkylation sites (tertiary alicyclic amines) is 1. The Morgan fingerprint density at radius 1 is 1.00 bits per heavy atom. The van der Waals surface area contributed by atoms with Crippen LogP contribution in [-0.2, 0) is 19.9 Å². The molecule has 166 valence electrons. The second-order valence-corrected chi connectivity index (χ2v) is 9.18. The van der Waals surface area contributed by atoms with Gasteiger partial charge in [-0.2, -0.15) is 0 Å². The summed E-state index contributed by atoms with van der Waals surface area (Å²) in [6.07, 6.45) is 7.35. The molecule has 2 aliphatic carbocycles. The maximum absolute atomic E-state index is 13.3. The van der Waals surface area contributed by atoms with Gasteiger partial charge in [-0.25, -0.2) is 4.79 Å². The summed E-state index contributed by atoms with van der Waals surface area (Å²) in [5.74, 6) is -0.481. The van der Waals surface area contributed by atoms with Crippen LogP contribution in [0.1, 0.15) is 57.4 Å². The molecule has 3 fully saturated rings. The fourth-order valence-electron chi connectivity index (χ4n) is 5.58. The molecule has 1 saturated heterocycles. The molecule has 0 spiro atoms. The van der Waals surface area contributed by atoms with Crippen LogP contribution in [0.25, 0.3) is 0 Å². The van der Waals surface area contributed by atoms with Crippen molar-refractivity contribution in [3.8, 4) is 0 Å². The van der Waals surface area contributed by atoms with Crippen molar-refractivity contribution in [1.29, 1.82) is 0 Å². The maximum atomic E-state index is 13.3. The van der Waals surface area contributed by atoms with E-state index in [2.05, 4.69) is 11.9 Å². The molecule has 30 heavy (non-hydrogen) atoms. The summed E-state index contributed by atoms with van der Waals surface area (Å²) in [5.41, 5.74) is -0.815. The van der Waals surface area contributed by atoms with Crippen molar-refractivity contribution in [3.63, 3.8) is 0 Å². The third kappa shape index (κ3) is 5.03. The van der Waals surface area contributed by atoms with E-state index in [1.165, 1.54) is 6.42 Å². The molecule has 0 amide bonds. The van der Waals surface area contributed by atoms with Gasteiger partial charge in [-0.05, 0) is 38.3 Å². The number of nitrogens with zero attached hydrogens (tertiary/aromatic N) is 1.